The highest BCUT2D eigenvalue weighted by Gasteiger charge is 2.28. The molecular formula is C24H25N3O3S. The first kappa shape index (κ1) is 22.2. The van der Waals surface area contributed by atoms with E-state index < -0.39 is 22.5 Å². The summed E-state index contributed by atoms with van der Waals surface area (Å²) >= 11 is 0. The zero-order valence-electron chi connectivity index (χ0n) is 17.7. The lowest BCUT2D eigenvalue weighted by atomic mass is 10.1. The first-order chi connectivity index (χ1) is 14.8. The van der Waals surface area contributed by atoms with E-state index in [9.17, 15) is 13.2 Å². The average molecular weight is 436 g/mol. The lowest BCUT2D eigenvalue weighted by Crippen LogP contribution is -2.40. The number of amides is 1. The second-order valence-corrected chi connectivity index (χ2v) is 9.11. The van der Waals surface area contributed by atoms with Crippen molar-refractivity contribution in [1.29, 1.82) is 0 Å². The molecule has 0 aliphatic rings. The number of carbonyl (C=O) groups excluding carboxylic acids is 1. The Bertz CT molecular complexity index is 1210. The third-order valence-corrected chi connectivity index (χ3v) is 6.68. The predicted molar refractivity (Wildman–Crippen MR) is 124 cm³/mol. The van der Waals surface area contributed by atoms with Gasteiger partial charge in [-0.1, -0.05) is 60.2 Å². The summed E-state index contributed by atoms with van der Waals surface area (Å²) in [6.45, 7) is 5.31. The van der Waals surface area contributed by atoms with Gasteiger partial charge in [-0.05, 0) is 55.7 Å². The largest absolute Gasteiger partial charge is 0.271 e. The van der Waals surface area contributed by atoms with Gasteiger partial charge < -0.3 is 0 Å². The zero-order chi connectivity index (χ0) is 22.4. The first-order valence-corrected chi connectivity index (χ1v) is 11.3. The Hall–Kier alpha value is -3.45. The Morgan fingerprint density at radius 1 is 0.968 bits per heavy atom. The summed E-state index contributed by atoms with van der Waals surface area (Å²) in [5.41, 5.74) is 6.53. The van der Waals surface area contributed by atoms with Crippen molar-refractivity contribution in [3.05, 3.63) is 95.1 Å². The lowest BCUT2D eigenvalue weighted by Gasteiger charge is -2.26. The van der Waals surface area contributed by atoms with Crippen molar-refractivity contribution >= 4 is 27.8 Å². The summed E-state index contributed by atoms with van der Waals surface area (Å²) in [6.07, 6.45) is 1.53. The van der Waals surface area contributed by atoms with Gasteiger partial charge in [0.15, 0.2) is 0 Å². The summed E-state index contributed by atoms with van der Waals surface area (Å²) in [6, 6.07) is 21.1. The van der Waals surface area contributed by atoms with Gasteiger partial charge in [0.2, 0.25) is 0 Å². The van der Waals surface area contributed by atoms with Crippen LogP contribution in [0.2, 0.25) is 0 Å². The van der Waals surface area contributed by atoms with Gasteiger partial charge in [-0.15, -0.1) is 0 Å². The van der Waals surface area contributed by atoms with Gasteiger partial charge in [0.25, 0.3) is 15.9 Å². The monoisotopic (exact) mass is 435 g/mol. The van der Waals surface area contributed by atoms with Gasteiger partial charge in [0, 0.05) is 0 Å². The molecule has 0 fully saturated rings. The van der Waals surface area contributed by atoms with Gasteiger partial charge in [-0.3, -0.25) is 9.10 Å². The molecule has 1 amide bonds. The van der Waals surface area contributed by atoms with Crippen LogP contribution in [0, 0.1) is 20.8 Å². The molecule has 3 aromatic rings. The van der Waals surface area contributed by atoms with Crippen LogP contribution in [-0.2, 0) is 14.8 Å². The van der Waals surface area contributed by atoms with Crippen LogP contribution in [0.4, 0.5) is 5.69 Å². The van der Waals surface area contributed by atoms with Crippen molar-refractivity contribution in [2.24, 2.45) is 5.10 Å². The van der Waals surface area contributed by atoms with E-state index in [1.54, 1.807) is 30.3 Å². The Balaban J connectivity index is 1.88. The van der Waals surface area contributed by atoms with Crippen LogP contribution < -0.4 is 9.73 Å². The van der Waals surface area contributed by atoms with Gasteiger partial charge in [-0.2, -0.15) is 5.10 Å². The highest BCUT2D eigenvalue weighted by atomic mass is 32.2. The number of benzene rings is 3. The maximum Gasteiger partial charge on any atom is 0.264 e. The molecule has 0 spiro atoms. The van der Waals surface area contributed by atoms with Crippen LogP contribution in [0.1, 0.15) is 22.3 Å². The SMILES string of the molecule is Cc1cccc(/C=N\NC(=O)CN(c2cccc(C)c2C)S(=O)(=O)c2ccccc2)c1. The fourth-order valence-electron chi connectivity index (χ4n) is 3.12. The smallest absolute Gasteiger partial charge is 0.264 e. The highest BCUT2D eigenvalue weighted by Crippen LogP contribution is 2.28. The Labute approximate surface area is 183 Å². The van der Waals surface area contributed by atoms with E-state index in [0.29, 0.717) is 5.69 Å². The average Bonchev–Trinajstić information content (AvgIpc) is 2.75. The Morgan fingerprint density at radius 2 is 1.68 bits per heavy atom. The van der Waals surface area contributed by atoms with E-state index in [4.69, 9.17) is 0 Å². The standard InChI is InChI=1S/C24H25N3O3S/c1-18-9-7-11-21(15-18)16-25-26-24(28)17-27(23-14-8-10-19(2)20(23)3)31(29,30)22-12-5-4-6-13-22/h4-16H,17H2,1-3H3,(H,26,28)/b25-16-. The van der Waals surface area contributed by atoms with Gasteiger partial charge >= 0.3 is 0 Å². The number of hydrogen-bond donors (Lipinski definition) is 1. The molecule has 0 bridgehead atoms. The minimum absolute atomic E-state index is 0.118. The maximum absolute atomic E-state index is 13.4. The van der Waals surface area contributed by atoms with E-state index >= 15 is 0 Å². The third kappa shape index (κ3) is 5.38. The molecule has 0 aliphatic carbocycles. The summed E-state index contributed by atoms with van der Waals surface area (Å²) in [5, 5.41) is 3.98. The summed E-state index contributed by atoms with van der Waals surface area (Å²) in [5.74, 6) is -0.538. The molecule has 0 atom stereocenters. The summed E-state index contributed by atoms with van der Waals surface area (Å²) in [4.78, 5) is 12.7. The van der Waals surface area contributed by atoms with Gasteiger partial charge in [0.1, 0.15) is 6.54 Å². The highest BCUT2D eigenvalue weighted by molar-refractivity contribution is 7.92. The molecule has 1 N–H and O–H groups in total. The van der Waals surface area contributed by atoms with Gasteiger partial charge in [-0.25, -0.2) is 13.8 Å². The molecule has 3 rings (SSSR count). The van der Waals surface area contributed by atoms with Gasteiger partial charge in [0.05, 0.1) is 16.8 Å². The molecule has 160 valence electrons. The fraction of sp³-hybridized carbons (Fsp3) is 0.167. The van der Waals surface area contributed by atoms with Crippen molar-refractivity contribution in [2.75, 3.05) is 10.8 Å². The minimum Gasteiger partial charge on any atom is -0.271 e. The van der Waals surface area contributed by atoms with E-state index in [2.05, 4.69) is 10.5 Å². The number of anilines is 1. The van der Waals surface area contributed by atoms with E-state index in [0.717, 1.165) is 26.6 Å². The molecule has 0 unspecified atom stereocenters. The Morgan fingerprint density at radius 3 is 2.39 bits per heavy atom. The number of carbonyl (C=O) groups is 1. The third-order valence-electron chi connectivity index (χ3n) is 4.91. The van der Waals surface area contributed by atoms with Crippen LogP contribution in [-0.4, -0.2) is 27.1 Å². The number of nitrogens with one attached hydrogen (secondary N) is 1. The summed E-state index contributed by atoms with van der Waals surface area (Å²) in [7, 11) is -3.95. The molecule has 0 radical (unpaired) electrons. The minimum atomic E-state index is -3.95. The molecule has 0 aliphatic heterocycles. The van der Waals surface area contributed by atoms with Crippen LogP contribution in [0.25, 0.3) is 0 Å². The van der Waals surface area contributed by atoms with Crippen LogP contribution in [0.5, 0.6) is 0 Å². The number of hydrogen-bond acceptors (Lipinski definition) is 4. The molecule has 31 heavy (non-hydrogen) atoms. The van der Waals surface area contributed by atoms with Crippen LogP contribution in [0.3, 0.4) is 0 Å². The van der Waals surface area contributed by atoms with Crippen molar-refractivity contribution in [3.8, 4) is 0 Å². The van der Waals surface area contributed by atoms with Crippen molar-refractivity contribution < 1.29 is 13.2 Å². The second-order valence-electron chi connectivity index (χ2n) is 7.25. The lowest BCUT2D eigenvalue weighted by molar-refractivity contribution is -0.119. The molecule has 0 aromatic heterocycles. The second kappa shape index (κ2) is 9.57. The molecule has 3 aromatic carbocycles. The molecule has 0 saturated carbocycles. The number of aryl methyl sites for hydroxylation is 2. The molecule has 6 nitrogen and oxygen atoms in total. The molecule has 0 saturated heterocycles. The quantitative estimate of drug-likeness (QED) is 0.451. The van der Waals surface area contributed by atoms with E-state index in [1.165, 1.54) is 18.3 Å². The number of nitrogens with zero attached hydrogens (tertiary/aromatic N) is 2. The Kier molecular flexibility index (Phi) is 6.87. The number of hydrazone groups is 1. The number of rotatable bonds is 7. The fourth-order valence-corrected chi connectivity index (χ4v) is 4.62. The molecule has 0 heterocycles. The predicted octanol–water partition coefficient (Wildman–Crippen LogP) is 3.96. The zero-order valence-corrected chi connectivity index (χ0v) is 18.6. The molecule has 7 heteroatoms. The topological polar surface area (TPSA) is 78.8 Å². The van der Waals surface area contributed by atoms with Crippen LogP contribution in [0.15, 0.2) is 82.8 Å². The van der Waals surface area contributed by atoms with Crippen molar-refractivity contribution in [3.63, 3.8) is 0 Å². The van der Waals surface area contributed by atoms with E-state index in [-0.39, 0.29) is 4.90 Å². The maximum atomic E-state index is 13.4. The summed E-state index contributed by atoms with van der Waals surface area (Å²) < 4.78 is 27.9. The van der Waals surface area contributed by atoms with E-state index in [1.807, 2.05) is 51.1 Å². The first-order valence-electron chi connectivity index (χ1n) is 9.81. The molecular weight excluding hydrogens is 410 g/mol. The van der Waals surface area contributed by atoms with Crippen molar-refractivity contribution in [1.82, 2.24) is 5.43 Å². The van der Waals surface area contributed by atoms with Crippen LogP contribution >= 0.6 is 0 Å². The normalized spacial score (nSPS) is 11.5. The van der Waals surface area contributed by atoms with Crippen molar-refractivity contribution in [2.45, 2.75) is 25.7 Å². The number of sulfonamides is 1.